The van der Waals surface area contributed by atoms with Crippen LogP contribution in [0.15, 0.2) is 0 Å². The molecule has 0 spiro atoms. The Balaban J connectivity index is 1.98. The van der Waals surface area contributed by atoms with Crippen molar-refractivity contribution in [1.82, 2.24) is 4.90 Å². The van der Waals surface area contributed by atoms with Gasteiger partial charge in [-0.05, 0) is 44.6 Å². The second-order valence-electron chi connectivity index (χ2n) is 7.23. The molecule has 0 aromatic heterocycles. The van der Waals surface area contributed by atoms with Gasteiger partial charge in [0.25, 0.3) is 0 Å². The lowest BCUT2D eigenvalue weighted by molar-refractivity contribution is -0.126. The minimum atomic E-state index is -0.238. The van der Waals surface area contributed by atoms with E-state index in [2.05, 4.69) is 18.7 Å². The maximum atomic E-state index is 11.7. The van der Waals surface area contributed by atoms with Crippen LogP contribution in [0.2, 0.25) is 0 Å². The van der Waals surface area contributed by atoms with E-state index in [4.69, 9.17) is 4.74 Å². The smallest absolute Gasteiger partial charge is 0.129 e. The van der Waals surface area contributed by atoms with Crippen LogP contribution in [0.25, 0.3) is 0 Å². The molecule has 2 aliphatic rings. The molecule has 1 saturated heterocycles. The summed E-state index contributed by atoms with van der Waals surface area (Å²) < 4.78 is 5.61. The van der Waals surface area contributed by atoms with E-state index in [1.54, 1.807) is 0 Å². The molecule has 3 nitrogen and oxygen atoms in total. The van der Waals surface area contributed by atoms with Crippen molar-refractivity contribution in [3.8, 4) is 0 Å². The molecule has 0 aromatic carbocycles. The van der Waals surface area contributed by atoms with Gasteiger partial charge in [0, 0.05) is 19.2 Å². The molecule has 3 heteroatoms. The lowest BCUT2D eigenvalue weighted by Gasteiger charge is -2.39. The highest BCUT2D eigenvalue weighted by molar-refractivity contribution is 5.60. The van der Waals surface area contributed by atoms with Crippen molar-refractivity contribution in [1.29, 1.82) is 0 Å². The summed E-state index contributed by atoms with van der Waals surface area (Å²) in [6, 6.07) is 0.701. The molecule has 1 heterocycles. The maximum absolute atomic E-state index is 11.7. The van der Waals surface area contributed by atoms with E-state index in [9.17, 15) is 4.79 Å². The van der Waals surface area contributed by atoms with Gasteiger partial charge in [-0.3, -0.25) is 4.90 Å². The predicted octanol–water partition coefficient (Wildman–Crippen LogP) is 3.27. The normalized spacial score (nSPS) is 28.4. The van der Waals surface area contributed by atoms with Gasteiger partial charge < -0.3 is 9.53 Å². The molecular weight excluding hydrogens is 250 g/mol. The molecule has 0 radical (unpaired) electrons. The molecule has 2 rings (SSSR count). The highest BCUT2D eigenvalue weighted by atomic mass is 16.5. The van der Waals surface area contributed by atoms with Crippen LogP contribution >= 0.6 is 0 Å². The van der Waals surface area contributed by atoms with Gasteiger partial charge in [-0.1, -0.05) is 26.7 Å². The van der Waals surface area contributed by atoms with E-state index in [-0.39, 0.29) is 5.41 Å². The molecule has 1 atom stereocenters. The minimum absolute atomic E-state index is 0.238. The fraction of sp³-hybridized carbons (Fsp3) is 0.941. The SMILES string of the molecule is CC(C)CCN(CC1(C=O)CCCOC1)C1CCCC1. The van der Waals surface area contributed by atoms with E-state index in [0.29, 0.717) is 12.6 Å². The molecule has 1 unspecified atom stereocenters. The minimum Gasteiger partial charge on any atom is -0.380 e. The Hall–Kier alpha value is -0.410. The number of ether oxygens (including phenoxy) is 1. The number of aldehydes is 1. The van der Waals surface area contributed by atoms with E-state index in [1.807, 2.05) is 0 Å². The third-order valence-corrected chi connectivity index (χ3v) is 4.96. The topological polar surface area (TPSA) is 29.5 Å². The van der Waals surface area contributed by atoms with Crippen molar-refractivity contribution in [3.05, 3.63) is 0 Å². The highest BCUT2D eigenvalue weighted by Crippen LogP contribution is 2.32. The van der Waals surface area contributed by atoms with E-state index in [0.717, 1.165) is 38.5 Å². The second kappa shape index (κ2) is 7.56. The Morgan fingerprint density at radius 3 is 2.60 bits per heavy atom. The van der Waals surface area contributed by atoms with Crippen LogP contribution in [-0.2, 0) is 9.53 Å². The van der Waals surface area contributed by atoms with Gasteiger partial charge in [0.1, 0.15) is 6.29 Å². The molecule has 0 bridgehead atoms. The largest absolute Gasteiger partial charge is 0.380 e. The Labute approximate surface area is 124 Å². The van der Waals surface area contributed by atoms with Crippen molar-refractivity contribution in [2.45, 2.75) is 64.8 Å². The van der Waals surface area contributed by atoms with Crippen molar-refractivity contribution in [2.24, 2.45) is 11.3 Å². The quantitative estimate of drug-likeness (QED) is 0.671. The number of nitrogens with zero attached hydrogens (tertiary/aromatic N) is 1. The summed E-state index contributed by atoms with van der Waals surface area (Å²) in [4.78, 5) is 14.3. The molecule has 1 aliphatic carbocycles. The monoisotopic (exact) mass is 281 g/mol. The summed E-state index contributed by atoms with van der Waals surface area (Å²) in [5, 5.41) is 0. The van der Waals surface area contributed by atoms with Crippen LogP contribution in [0.5, 0.6) is 0 Å². The number of hydrogen-bond donors (Lipinski definition) is 0. The van der Waals surface area contributed by atoms with E-state index in [1.165, 1.54) is 38.4 Å². The number of rotatable bonds is 7. The van der Waals surface area contributed by atoms with Crippen LogP contribution in [-0.4, -0.2) is 43.5 Å². The Bertz CT molecular complexity index is 291. The lowest BCUT2D eigenvalue weighted by atomic mass is 9.83. The molecular formula is C17H31NO2. The summed E-state index contributed by atoms with van der Waals surface area (Å²) in [7, 11) is 0. The number of hydrogen-bond acceptors (Lipinski definition) is 3. The van der Waals surface area contributed by atoms with E-state index >= 15 is 0 Å². The summed E-state index contributed by atoms with van der Waals surface area (Å²) in [6.45, 7) is 8.07. The van der Waals surface area contributed by atoms with Crippen LogP contribution in [0, 0.1) is 11.3 Å². The lowest BCUT2D eigenvalue weighted by Crippen LogP contribution is -2.47. The first kappa shape index (κ1) is 16.0. The van der Waals surface area contributed by atoms with Crippen molar-refractivity contribution < 1.29 is 9.53 Å². The van der Waals surface area contributed by atoms with Crippen LogP contribution < -0.4 is 0 Å². The molecule has 0 amide bonds. The highest BCUT2D eigenvalue weighted by Gasteiger charge is 2.36. The van der Waals surface area contributed by atoms with Crippen molar-refractivity contribution in [2.75, 3.05) is 26.3 Å². The fourth-order valence-corrected chi connectivity index (χ4v) is 3.62. The first-order chi connectivity index (χ1) is 9.65. The zero-order valence-corrected chi connectivity index (χ0v) is 13.3. The molecule has 1 aliphatic heterocycles. The zero-order chi connectivity index (χ0) is 14.4. The van der Waals surface area contributed by atoms with Crippen molar-refractivity contribution >= 4 is 6.29 Å². The van der Waals surface area contributed by atoms with Gasteiger partial charge in [-0.2, -0.15) is 0 Å². The second-order valence-corrected chi connectivity index (χ2v) is 7.23. The first-order valence-corrected chi connectivity index (χ1v) is 8.43. The standard InChI is InChI=1S/C17H31NO2/c1-15(2)8-10-18(16-6-3-4-7-16)12-17(13-19)9-5-11-20-14-17/h13,15-16H,3-12,14H2,1-2H3. The summed E-state index contributed by atoms with van der Waals surface area (Å²) in [6.07, 6.45) is 9.78. The Morgan fingerprint density at radius 2 is 2.05 bits per heavy atom. The Kier molecular flexibility index (Phi) is 6.03. The molecule has 1 saturated carbocycles. The molecule has 20 heavy (non-hydrogen) atoms. The van der Waals surface area contributed by atoms with Gasteiger partial charge in [0.15, 0.2) is 0 Å². The number of carbonyl (C=O) groups excluding carboxylic acids is 1. The predicted molar refractivity (Wildman–Crippen MR) is 81.8 cm³/mol. The van der Waals surface area contributed by atoms with Crippen molar-refractivity contribution in [3.63, 3.8) is 0 Å². The fourth-order valence-electron chi connectivity index (χ4n) is 3.62. The zero-order valence-electron chi connectivity index (χ0n) is 13.3. The van der Waals surface area contributed by atoms with Gasteiger partial charge in [-0.25, -0.2) is 0 Å². The van der Waals surface area contributed by atoms with Gasteiger partial charge in [0.05, 0.1) is 12.0 Å². The van der Waals surface area contributed by atoms with Gasteiger partial charge >= 0.3 is 0 Å². The summed E-state index contributed by atoms with van der Waals surface area (Å²) in [5.41, 5.74) is -0.238. The van der Waals surface area contributed by atoms with Crippen LogP contribution in [0.3, 0.4) is 0 Å². The molecule has 116 valence electrons. The van der Waals surface area contributed by atoms with Gasteiger partial charge in [0.2, 0.25) is 0 Å². The third-order valence-electron chi connectivity index (χ3n) is 4.96. The third kappa shape index (κ3) is 4.29. The average Bonchev–Trinajstić information content (AvgIpc) is 2.98. The average molecular weight is 281 g/mol. The Morgan fingerprint density at radius 1 is 1.30 bits per heavy atom. The number of carbonyl (C=O) groups is 1. The summed E-state index contributed by atoms with van der Waals surface area (Å²) >= 11 is 0. The first-order valence-electron chi connectivity index (χ1n) is 8.43. The molecule has 0 aromatic rings. The van der Waals surface area contributed by atoms with Crippen LogP contribution in [0.1, 0.15) is 58.8 Å². The van der Waals surface area contributed by atoms with E-state index < -0.39 is 0 Å². The molecule has 0 N–H and O–H groups in total. The van der Waals surface area contributed by atoms with Crippen LogP contribution in [0.4, 0.5) is 0 Å². The maximum Gasteiger partial charge on any atom is 0.129 e. The van der Waals surface area contributed by atoms with Gasteiger partial charge in [-0.15, -0.1) is 0 Å². The molecule has 2 fully saturated rings. The summed E-state index contributed by atoms with van der Waals surface area (Å²) in [5.74, 6) is 0.730.